The van der Waals surface area contributed by atoms with Crippen molar-refractivity contribution in [3.05, 3.63) is 0 Å². The Hall–Kier alpha value is -0.120. The number of hydrogen-bond donors (Lipinski definition) is 3. The van der Waals surface area contributed by atoms with E-state index in [2.05, 4.69) is 12.2 Å². The molecular weight excluding hydrogens is 128 g/mol. The lowest BCUT2D eigenvalue weighted by Gasteiger charge is -2.12. The van der Waals surface area contributed by atoms with Gasteiger partial charge in [0.25, 0.3) is 0 Å². The molecular formula is C7H18N2O. The summed E-state index contributed by atoms with van der Waals surface area (Å²) >= 11 is 0. The molecule has 0 unspecified atom stereocenters. The van der Waals surface area contributed by atoms with Gasteiger partial charge in [0.05, 0.1) is 6.61 Å². The van der Waals surface area contributed by atoms with Crippen LogP contribution in [0.1, 0.15) is 19.8 Å². The smallest absolute Gasteiger partial charge is 0.0584 e. The van der Waals surface area contributed by atoms with Crippen LogP contribution < -0.4 is 11.1 Å². The molecule has 0 aromatic carbocycles. The quantitative estimate of drug-likeness (QED) is 0.451. The first-order valence-corrected chi connectivity index (χ1v) is 3.89. The van der Waals surface area contributed by atoms with Crippen molar-refractivity contribution < 1.29 is 5.11 Å². The summed E-state index contributed by atoms with van der Waals surface area (Å²) in [5.74, 6) is 0. The number of hydrogen-bond acceptors (Lipinski definition) is 3. The maximum Gasteiger partial charge on any atom is 0.0584 e. The third kappa shape index (κ3) is 4.73. The van der Waals surface area contributed by atoms with Crippen molar-refractivity contribution in [1.29, 1.82) is 0 Å². The van der Waals surface area contributed by atoms with E-state index >= 15 is 0 Å². The van der Waals surface area contributed by atoms with Crippen LogP contribution in [0.5, 0.6) is 0 Å². The lowest BCUT2D eigenvalue weighted by Crippen LogP contribution is -2.33. The number of aliphatic hydroxyl groups excluding tert-OH is 1. The van der Waals surface area contributed by atoms with Crippen LogP contribution >= 0.6 is 0 Å². The van der Waals surface area contributed by atoms with Crippen molar-refractivity contribution in [2.24, 2.45) is 5.73 Å². The molecule has 10 heavy (non-hydrogen) atoms. The highest BCUT2D eigenvalue weighted by Crippen LogP contribution is 1.87. The van der Waals surface area contributed by atoms with Gasteiger partial charge in [0.1, 0.15) is 0 Å². The number of nitrogens with one attached hydrogen (secondary N) is 1. The van der Waals surface area contributed by atoms with Crippen LogP contribution in [0.4, 0.5) is 0 Å². The highest BCUT2D eigenvalue weighted by Gasteiger charge is 2.00. The summed E-state index contributed by atoms with van der Waals surface area (Å²) in [4.78, 5) is 0. The van der Waals surface area contributed by atoms with Crippen molar-refractivity contribution >= 4 is 0 Å². The Morgan fingerprint density at radius 2 is 2.30 bits per heavy atom. The topological polar surface area (TPSA) is 58.3 Å². The Bertz CT molecular complexity index is 64.6. The Kier molecular flexibility index (Phi) is 6.91. The van der Waals surface area contributed by atoms with E-state index in [-0.39, 0.29) is 12.6 Å². The molecule has 3 nitrogen and oxygen atoms in total. The molecule has 3 heteroatoms. The largest absolute Gasteiger partial charge is 0.395 e. The Labute approximate surface area is 62.6 Å². The van der Waals surface area contributed by atoms with Crippen molar-refractivity contribution in [2.75, 3.05) is 19.7 Å². The van der Waals surface area contributed by atoms with Gasteiger partial charge >= 0.3 is 0 Å². The van der Waals surface area contributed by atoms with Gasteiger partial charge in [0.15, 0.2) is 0 Å². The molecule has 0 aromatic heterocycles. The van der Waals surface area contributed by atoms with Crippen molar-refractivity contribution in [3.8, 4) is 0 Å². The third-order valence-electron chi connectivity index (χ3n) is 1.53. The maximum atomic E-state index is 8.73. The van der Waals surface area contributed by atoms with E-state index in [1.165, 1.54) is 0 Å². The fraction of sp³-hybridized carbons (Fsp3) is 1.00. The molecule has 0 aliphatic rings. The summed E-state index contributed by atoms with van der Waals surface area (Å²) in [6.07, 6.45) is 1.96. The van der Waals surface area contributed by atoms with Gasteiger partial charge in [-0.1, -0.05) is 6.92 Å². The van der Waals surface area contributed by atoms with E-state index in [9.17, 15) is 0 Å². The minimum atomic E-state index is 0.223. The van der Waals surface area contributed by atoms with Gasteiger partial charge in [-0.15, -0.1) is 0 Å². The molecule has 0 aromatic rings. The number of rotatable bonds is 6. The van der Waals surface area contributed by atoms with Gasteiger partial charge in [-0.3, -0.25) is 0 Å². The minimum Gasteiger partial charge on any atom is -0.395 e. The average molecular weight is 146 g/mol. The van der Waals surface area contributed by atoms with E-state index < -0.39 is 0 Å². The summed E-state index contributed by atoms with van der Waals surface area (Å²) in [5.41, 5.74) is 5.30. The van der Waals surface area contributed by atoms with Crippen molar-refractivity contribution in [2.45, 2.75) is 25.8 Å². The normalized spacial score (nSPS) is 13.5. The van der Waals surface area contributed by atoms with E-state index in [4.69, 9.17) is 10.8 Å². The van der Waals surface area contributed by atoms with Crippen LogP contribution in [0.2, 0.25) is 0 Å². The van der Waals surface area contributed by atoms with Crippen LogP contribution in [0.3, 0.4) is 0 Å². The van der Waals surface area contributed by atoms with Crippen LogP contribution in [0.15, 0.2) is 0 Å². The minimum absolute atomic E-state index is 0.223. The van der Waals surface area contributed by atoms with E-state index in [0.717, 1.165) is 25.9 Å². The van der Waals surface area contributed by atoms with Crippen LogP contribution in [-0.2, 0) is 0 Å². The lowest BCUT2D eigenvalue weighted by atomic mass is 10.2. The Morgan fingerprint density at radius 1 is 1.60 bits per heavy atom. The molecule has 0 saturated carbocycles. The second-order valence-electron chi connectivity index (χ2n) is 2.38. The number of nitrogens with two attached hydrogens (primary N) is 1. The summed E-state index contributed by atoms with van der Waals surface area (Å²) in [6, 6.07) is 0.256. The van der Waals surface area contributed by atoms with E-state index in [1.807, 2.05) is 0 Å². The molecule has 0 heterocycles. The summed E-state index contributed by atoms with van der Waals surface area (Å²) in [5, 5.41) is 11.9. The lowest BCUT2D eigenvalue weighted by molar-refractivity contribution is 0.239. The molecule has 0 aliphatic carbocycles. The first-order chi connectivity index (χ1) is 4.85. The third-order valence-corrected chi connectivity index (χ3v) is 1.53. The molecule has 0 aliphatic heterocycles. The zero-order chi connectivity index (χ0) is 7.82. The first kappa shape index (κ1) is 9.88. The van der Waals surface area contributed by atoms with Gasteiger partial charge in [-0.05, 0) is 25.9 Å². The van der Waals surface area contributed by atoms with Crippen molar-refractivity contribution in [3.63, 3.8) is 0 Å². The molecule has 0 saturated heterocycles. The predicted molar refractivity (Wildman–Crippen MR) is 42.8 cm³/mol. The van der Waals surface area contributed by atoms with E-state index in [1.54, 1.807) is 0 Å². The summed E-state index contributed by atoms with van der Waals surface area (Å²) in [6.45, 7) is 3.90. The van der Waals surface area contributed by atoms with E-state index in [0.29, 0.717) is 0 Å². The molecule has 62 valence electrons. The van der Waals surface area contributed by atoms with Crippen molar-refractivity contribution in [1.82, 2.24) is 5.32 Å². The van der Waals surface area contributed by atoms with Crippen LogP contribution in [0, 0.1) is 0 Å². The molecule has 0 fully saturated rings. The molecule has 1 atom stereocenters. The Balaban J connectivity index is 3.09. The predicted octanol–water partition coefficient (Wildman–Crippen LogP) is -0.304. The zero-order valence-electron chi connectivity index (χ0n) is 6.64. The standard InChI is InChI=1S/C7H18N2O/c1-2-7(6-10)9-5-3-4-8/h7,9-10H,2-6,8H2,1H3/t7-/m0/s1. The highest BCUT2D eigenvalue weighted by molar-refractivity contribution is 4.61. The SMILES string of the molecule is CC[C@@H](CO)NCCCN. The second kappa shape index (κ2) is 6.99. The second-order valence-corrected chi connectivity index (χ2v) is 2.38. The van der Waals surface area contributed by atoms with Crippen LogP contribution in [-0.4, -0.2) is 30.8 Å². The van der Waals surface area contributed by atoms with Gasteiger partial charge in [0.2, 0.25) is 0 Å². The average Bonchev–Trinajstić information content (AvgIpc) is 1.99. The number of aliphatic hydroxyl groups is 1. The zero-order valence-corrected chi connectivity index (χ0v) is 6.64. The van der Waals surface area contributed by atoms with Gasteiger partial charge in [0, 0.05) is 6.04 Å². The summed E-state index contributed by atoms with van der Waals surface area (Å²) in [7, 11) is 0. The van der Waals surface area contributed by atoms with Gasteiger partial charge in [-0.2, -0.15) is 0 Å². The summed E-state index contributed by atoms with van der Waals surface area (Å²) < 4.78 is 0. The molecule has 0 bridgehead atoms. The monoisotopic (exact) mass is 146 g/mol. The molecule has 0 spiro atoms. The molecule has 4 N–H and O–H groups in total. The fourth-order valence-electron chi connectivity index (χ4n) is 0.746. The van der Waals surface area contributed by atoms with Crippen LogP contribution in [0.25, 0.3) is 0 Å². The van der Waals surface area contributed by atoms with Gasteiger partial charge in [-0.25, -0.2) is 0 Å². The Morgan fingerprint density at radius 3 is 2.70 bits per heavy atom. The molecule has 0 radical (unpaired) electrons. The first-order valence-electron chi connectivity index (χ1n) is 3.89. The fourth-order valence-corrected chi connectivity index (χ4v) is 0.746. The van der Waals surface area contributed by atoms with Gasteiger partial charge < -0.3 is 16.2 Å². The molecule has 0 amide bonds. The maximum absolute atomic E-state index is 8.73. The highest BCUT2D eigenvalue weighted by atomic mass is 16.3. The molecule has 0 rings (SSSR count).